The largest absolute Gasteiger partial charge is 0.465 e. The lowest BCUT2D eigenvalue weighted by atomic mass is 9.82. The molecule has 1 amide bonds. The van der Waals surface area contributed by atoms with Crippen molar-refractivity contribution >= 4 is 28.8 Å². The fraction of sp³-hybridized carbons (Fsp3) is 0.320. The normalized spacial score (nSPS) is 13.6. The molecule has 0 fully saturated rings. The first-order chi connectivity index (χ1) is 16.1. The van der Waals surface area contributed by atoms with E-state index in [-0.39, 0.29) is 17.5 Å². The van der Waals surface area contributed by atoms with Crippen LogP contribution >= 0.6 is 11.6 Å². The van der Waals surface area contributed by atoms with Crippen molar-refractivity contribution in [2.24, 2.45) is 5.41 Å². The number of amides is 1. The average Bonchev–Trinajstić information content (AvgIpc) is 3.37. The topological polar surface area (TPSA) is 113 Å². The smallest absolute Gasteiger partial charge is 0.417 e. The molecule has 8 nitrogen and oxygen atoms in total. The Kier molecular flexibility index (Phi) is 6.52. The molecule has 2 aromatic heterocycles. The van der Waals surface area contributed by atoms with Crippen LogP contribution in [-0.4, -0.2) is 32.0 Å². The van der Waals surface area contributed by atoms with E-state index < -0.39 is 11.8 Å². The molecular formula is C25H27ClN4O4. The first-order valence-corrected chi connectivity index (χ1v) is 11.4. The van der Waals surface area contributed by atoms with Crippen LogP contribution in [-0.2, 0) is 6.42 Å². The molecule has 4 rings (SSSR count). The van der Waals surface area contributed by atoms with Gasteiger partial charge in [-0.05, 0) is 53.6 Å². The number of carbonyl (C=O) groups is 1. The van der Waals surface area contributed by atoms with Gasteiger partial charge in [0.1, 0.15) is 0 Å². The summed E-state index contributed by atoms with van der Waals surface area (Å²) in [5.74, 6) is -0.492. The van der Waals surface area contributed by atoms with Gasteiger partial charge in [-0.1, -0.05) is 50.6 Å². The van der Waals surface area contributed by atoms with Crippen LogP contribution in [0.5, 0.6) is 0 Å². The minimum Gasteiger partial charge on any atom is -0.465 e. The first kappa shape index (κ1) is 23.6. The maximum absolute atomic E-state index is 11.5. The van der Waals surface area contributed by atoms with Gasteiger partial charge >= 0.3 is 11.8 Å². The second-order valence-corrected chi connectivity index (χ2v) is 9.97. The number of hydrogen-bond donors (Lipinski definition) is 3. The molecule has 0 spiro atoms. The van der Waals surface area contributed by atoms with Crippen molar-refractivity contribution in [1.29, 1.82) is 0 Å². The molecule has 9 heteroatoms. The Labute approximate surface area is 201 Å². The van der Waals surface area contributed by atoms with Gasteiger partial charge in [0.15, 0.2) is 5.58 Å². The summed E-state index contributed by atoms with van der Waals surface area (Å²) in [6.45, 7) is 6.33. The Balaban J connectivity index is 1.61. The molecule has 0 aliphatic carbocycles. The predicted octanol–water partition coefficient (Wildman–Crippen LogP) is 5.49. The summed E-state index contributed by atoms with van der Waals surface area (Å²) in [7, 11) is 0. The van der Waals surface area contributed by atoms with Gasteiger partial charge in [-0.25, -0.2) is 9.59 Å². The third-order valence-electron chi connectivity index (χ3n) is 5.91. The van der Waals surface area contributed by atoms with Crippen molar-refractivity contribution in [2.75, 3.05) is 0 Å². The van der Waals surface area contributed by atoms with Gasteiger partial charge in [0.25, 0.3) is 0 Å². The van der Waals surface area contributed by atoms with E-state index in [1.54, 1.807) is 30.5 Å². The first-order valence-electron chi connectivity index (χ1n) is 11.0. The molecule has 178 valence electrons. The van der Waals surface area contributed by atoms with Gasteiger partial charge in [-0.3, -0.25) is 9.67 Å². The number of hydrogen-bond acceptors (Lipinski definition) is 4. The molecule has 0 aliphatic heterocycles. The second kappa shape index (κ2) is 9.38. The van der Waals surface area contributed by atoms with Gasteiger partial charge in [-0.15, -0.1) is 0 Å². The number of oxazole rings is 1. The minimum atomic E-state index is -1.06. The number of halogens is 1. The van der Waals surface area contributed by atoms with Gasteiger partial charge in [0, 0.05) is 22.8 Å². The number of nitrogens with zero attached hydrogens (tertiary/aromatic N) is 2. The van der Waals surface area contributed by atoms with Crippen LogP contribution < -0.4 is 11.1 Å². The molecule has 0 radical (unpaired) electrons. The highest BCUT2D eigenvalue weighted by Gasteiger charge is 2.31. The number of aromatic nitrogens is 3. The highest BCUT2D eigenvalue weighted by molar-refractivity contribution is 6.30. The average molecular weight is 483 g/mol. The summed E-state index contributed by atoms with van der Waals surface area (Å²) in [6, 6.07) is 12.5. The van der Waals surface area contributed by atoms with E-state index in [9.17, 15) is 14.7 Å². The molecule has 0 saturated carbocycles. The number of fused-ring (bicyclic) bond motifs is 1. The van der Waals surface area contributed by atoms with Crippen molar-refractivity contribution in [3.8, 4) is 11.1 Å². The number of aromatic amines is 1. The summed E-state index contributed by atoms with van der Waals surface area (Å²) >= 11 is 6.00. The van der Waals surface area contributed by atoms with Crippen LogP contribution in [0, 0.1) is 5.41 Å². The summed E-state index contributed by atoms with van der Waals surface area (Å²) in [6.07, 6.45) is 3.73. The Morgan fingerprint density at radius 1 is 1.21 bits per heavy atom. The highest BCUT2D eigenvalue weighted by atomic mass is 35.5. The van der Waals surface area contributed by atoms with Crippen LogP contribution in [0.2, 0.25) is 5.02 Å². The van der Waals surface area contributed by atoms with Crippen LogP contribution in [0.3, 0.4) is 0 Å². The summed E-state index contributed by atoms with van der Waals surface area (Å²) in [5.41, 5.74) is 3.67. The number of carboxylic acid groups (broad SMARTS) is 1. The van der Waals surface area contributed by atoms with Crippen LogP contribution in [0.25, 0.3) is 22.2 Å². The quantitative estimate of drug-likeness (QED) is 0.322. The molecule has 0 aliphatic rings. The molecule has 2 heterocycles. The van der Waals surface area contributed by atoms with E-state index in [1.807, 2.05) is 29.1 Å². The standard InChI is InChI=1S/C25H27ClN4O4/c1-25(2,3)22(12-19(28-23(31)32)10-15-4-7-18(26)8-5-15)30-14-17(13-27-30)16-6-9-20-21(11-16)34-24(33)29-20/h4-9,11,13-14,19,22,28H,10,12H2,1-3H3,(H,29,33)(H,31,32)/t19?,22-/m0/s1. The van der Waals surface area contributed by atoms with E-state index in [0.29, 0.717) is 29.0 Å². The number of H-pyrrole nitrogens is 1. The Morgan fingerprint density at radius 2 is 1.94 bits per heavy atom. The second-order valence-electron chi connectivity index (χ2n) is 9.53. The zero-order chi connectivity index (χ0) is 24.5. The summed E-state index contributed by atoms with van der Waals surface area (Å²) < 4.78 is 7.08. The van der Waals surface area contributed by atoms with Crippen LogP contribution in [0.4, 0.5) is 4.79 Å². The fourth-order valence-corrected chi connectivity index (χ4v) is 4.31. The molecule has 1 unspecified atom stereocenters. The molecule has 2 atom stereocenters. The predicted molar refractivity (Wildman–Crippen MR) is 131 cm³/mol. The van der Waals surface area contributed by atoms with E-state index in [0.717, 1.165) is 16.7 Å². The molecule has 3 N–H and O–H groups in total. The van der Waals surface area contributed by atoms with E-state index in [1.165, 1.54) is 0 Å². The monoisotopic (exact) mass is 482 g/mol. The maximum atomic E-state index is 11.5. The summed E-state index contributed by atoms with van der Waals surface area (Å²) in [4.78, 5) is 25.6. The Morgan fingerprint density at radius 3 is 2.62 bits per heavy atom. The lowest BCUT2D eigenvalue weighted by molar-refractivity contribution is 0.170. The van der Waals surface area contributed by atoms with Crippen LogP contribution in [0.15, 0.2) is 64.1 Å². The molecule has 34 heavy (non-hydrogen) atoms. The van der Waals surface area contributed by atoms with Gasteiger partial charge in [-0.2, -0.15) is 5.10 Å². The van der Waals surface area contributed by atoms with E-state index >= 15 is 0 Å². The zero-order valence-electron chi connectivity index (χ0n) is 19.2. The molecule has 0 bridgehead atoms. The minimum absolute atomic E-state index is 0.0840. The van der Waals surface area contributed by atoms with Gasteiger partial charge in [0.2, 0.25) is 0 Å². The van der Waals surface area contributed by atoms with Crippen molar-refractivity contribution < 1.29 is 14.3 Å². The van der Waals surface area contributed by atoms with Crippen LogP contribution in [0.1, 0.15) is 38.8 Å². The third-order valence-corrected chi connectivity index (χ3v) is 6.16. The molecule has 2 aromatic carbocycles. The van der Waals surface area contributed by atoms with Crippen molar-refractivity contribution in [3.63, 3.8) is 0 Å². The van der Waals surface area contributed by atoms with Crippen molar-refractivity contribution in [3.05, 3.63) is 76.0 Å². The third kappa shape index (κ3) is 5.51. The van der Waals surface area contributed by atoms with E-state index in [2.05, 4.69) is 36.2 Å². The Hall–Kier alpha value is -3.52. The maximum Gasteiger partial charge on any atom is 0.417 e. The van der Waals surface area contributed by atoms with Crippen molar-refractivity contribution in [2.45, 2.75) is 45.7 Å². The molecule has 0 saturated heterocycles. The van der Waals surface area contributed by atoms with Gasteiger partial charge in [0.05, 0.1) is 17.8 Å². The molecular weight excluding hydrogens is 456 g/mol. The lowest BCUT2D eigenvalue weighted by Gasteiger charge is -2.34. The number of nitrogens with one attached hydrogen (secondary N) is 2. The Bertz CT molecular complexity index is 1350. The fourth-order valence-electron chi connectivity index (χ4n) is 4.18. The molecule has 4 aromatic rings. The van der Waals surface area contributed by atoms with Crippen molar-refractivity contribution in [1.82, 2.24) is 20.1 Å². The number of rotatable bonds is 7. The zero-order valence-corrected chi connectivity index (χ0v) is 20.0. The lowest BCUT2D eigenvalue weighted by Crippen LogP contribution is -2.40. The number of benzene rings is 2. The highest BCUT2D eigenvalue weighted by Crippen LogP contribution is 2.36. The SMILES string of the molecule is CC(C)(C)[C@H](CC(Cc1ccc(Cl)cc1)NC(=O)O)n1cc(-c2ccc3[nH]c(=O)oc3c2)cn1. The summed E-state index contributed by atoms with van der Waals surface area (Å²) in [5, 5.41) is 17.4. The van der Waals surface area contributed by atoms with Gasteiger partial charge < -0.3 is 14.8 Å². The van der Waals surface area contributed by atoms with E-state index in [4.69, 9.17) is 16.0 Å².